The van der Waals surface area contributed by atoms with Gasteiger partial charge in [0.25, 0.3) is 0 Å². The number of carbonyl (C=O) groups is 2. The van der Waals surface area contributed by atoms with Gasteiger partial charge in [0.2, 0.25) is 5.91 Å². The molecule has 5 nitrogen and oxygen atoms in total. The maximum atomic E-state index is 11.8. The Labute approximate surface area is 106 Å². The van der Waals surface area contributed by atoms with Crippen molar-refractivity contribution in [3.05, 3.63) is 22.3 Å². The Bertz CT molecular complexity index is 497. The van der Waals surface area contributed by atoms with Gasteiger partial charge >= 0.3 is 5.97 Å². The number of amides is 1. The van der Waals surface area contributed by atoms with Crippen molar-refractivity contribution in [2.75, 3.05) is 5.32 Å². The molecule has 1 amide bonds. The van der Waals surface area contributed by atoms with Gasteiger partial charge in [-0.25, -0.2) is 4.98 Å². The lowest BCUT2D eigenvalue weighted by atomic mass is 10.1. The molecule has 0 bridgehead atoms. The predicted octanol–water partition coefficient (Wildman–Crippen LogP) is 1.96. The maximum absolute atomic E-state index is 11.8. The highest BCUT2D eigenvalue weighted by atomic mass is 79.9. The summed E-state index contributed by atoms with van der Waals surface area (Å²) < 4.78 is 0.842. The molecule has 1 aromatic rings. The minimum Gasteiger partial charge on any atom is -0.480 e. The first kappa shape index (κ1) is 12.0. The fraction of sp³-hybridized carbons (Fsp3) is 0.364. The van der Waals surface area contributed by atoms with Gasteiger partial charge in [-0.3, -0.25) is 9.59 Å². The van der Waals surface area contributed by atoms with Crippen LogP contribution >= 0.6 is 15.9 Å². The van der Waals surface area contributed by atoms with E-state index >= 15 is 0 Å². The highest BCUT2D eigenvalue weighted by Crippen LogP contribution is 2.46. The fourth-order valence-corrected chi connectivity index (χ4v) is 1.72. The van der Waals surface area contributed by atoms with Crippen molar-refractivity contribution in [3.8, 4) is 0 Å². The molecule has 1 aliphatic rings. The quantitative estimate of drug-likeness (QED) is 0.836. The summed E-state index contributed by atoms with van der Waals surface area (Å²) in [6.07, 6.45) is 2.36. The molecule has 1 heterocycles. The first-order chi connectivity index (χ1) is 7.95. The summed E-state index contributed by atoms with van der Waals surface area (Å²) in [4.78, 5) is 26.7. The zero-order valence-corrected chi connectivity index (χ0v) is 10.7. The smallest absolute Gasteiger partial charge is 0.319 e. The molecule has 1 aromatic heterocycles. The molecule has 0 unspecified atom stereocenters. The Balaban J connectivity index is 2.14. The van der Waals surface area contributed by atoms with Gasteiger partial charge in [0.1, 0.15) is 11.2 Å². The number of anilines is 1. The van der Waals surface area contributed by atoms with Gasteiger partial charge < -0.3 is 10.4 Å². The summed E-state index contributed by atoms with van der Waals surface area (Å²) in [6.45, 7) is 1.87. The van der Waals surface area contributed by atoms with Crippen molar-refractivity contribution >= 4 is 33.6 Å². The number of nitrogens with one attached hydrogen (secondary N) is 1. The third kappa shape index (κ3) is 2.17. The number of carbonyl (C=O) groups excluding carboxylic acids is 1. The molecular formula is C11H11BrN2O3. The highest BCUT2D eigenvalue weighted by Gasteiger charge is 2.57. The molecule has 0 atom stereocenters. The second-order valence-corrected chi connectivity index (χ2v) is 5.01. The lowest BCUT2D eigenvalue weighted by molar-refractivity contribution is -0.147. The first-order valence-corrected chi connectivity index (χ1v) is 5.92. The molecule has 1 saturated carbocycles. The second-order valence-electron chi connectivity index (χ2n) is 4.16. The van der Waals surface area contributed by atoms with Crippen LogP contribution in [-0.4, -0.2) is 22.0 Å². The number of pyridine rings is 1. The number of aromatic nitrogens is 1. The van der Waals surface area contributed by atoms with E-state index in [4.69, 9.17) is 5.11 Å². The van der Waals surface area contributed by atoms with E-state index in [2.05, 4.69) is 26.2 Å². The third-order valence-electron chi connectivity index (χ3n) is 2.88. The average molecular weight is 299 g/mol. The Morgan fingerprint density at radius 3 is 2.65 bits per heavy atom. The van der Waals surface area contributed by atoms with Crippen LogP contribution < -0.4 is 5.32 Å². The molecular weight excluding hydrogens is 288 g/mol. The SMILES string of the molecule is Cc1cc(NC(=O)C2(C(=O)O)CC2)ncc1Br. The predicted molar refractivity (Wildman–Crippen MR) is 64.6 cm³/mol. The molecule has 6 heteroatoms. The van der Waals surface area contributed by atoms with E-state index in [0.717, 1.165) is 10.0 Å². The third-order valence-corrected chi connectivity index (χ3v) is 3.71. The van der Waals surface area contributed by atoms with Crippen LogP contribution in [0.4, 0.5) is 5.82 Å². The Kier molecular flexibility index (Phi) is 2.91. The van der Waals surface area contributed by atoms with E-state index in [-0.39, 0.29) is 0 Å². The maximum Gasteiger partial charge on any atom is 0.319 e. The van der Waals surface area contributed by atoms with Gasteiger partial charge in [0.15, 0.2) is 0 Å². The number of nitrogens with zero attached hydrogens (tertiary/aromatic N) is 1. The Morgan fingerprint density at radius 1 is 1.53 bits per heavy atom. The average Bonchev–Trinajstić information content (AvgIpc) is 3.04. The standard InChI is InChI=1S/C11H11BrN2O3/c1-6-4-8(13-5-7(6)12)14-9(15)11(2-3-11)10(16)17/h4-5H,2-3H2,1H3,(H,16,17)(H,13,14,15). The van der Waals surface area contributed by atoms with Gasteiger partial charge in [-0.1, -0.05) is 0 Å². The van der Waals surface area contributed by atoms with Crippen molar-refractivity contribution in [3.63, 3.8) is 0 Å². The van der Waals surface area contributed by atoms with Gasteiger partial charge in [-0.05, 0) is 47.3 Å². The second kappa shape index (κ2) is 4.10. The Hall–Kier alpha value is -1.43. The van der Waals surface area contributed by atoms with Crippen molar-refractivity contribution < 1.29 is 14.7 Å². The van der Waals surface area contributed by atoms with Crippen LogP contribution in [0.25, 0.3) is 0 Å². The number of aryl methyl sites for hydroxylation is 1. The van der Waals surface area contributed by atoms with Gasteiger partial charge in [0.05, 0.1) is 0 Å². The van der Waals surface area contributed by atoms with E-state index < -0.39 is 17.3 Å². The van der Waals surface area contributed by atoms with Crippen molar-refractivity contribution in [2.24, 2.45) is 5.41 Å². The number of hydrogen-bond acceptors (Lipinski definition) is 3. The van der Waals surface area contributed by atoms with Gasteiger partial charge in [0, 0.05) is 10.7 Å². The largest absolute Gasteiger partial charge is 0.480 e. The molecule has 1 fully saturated rings. The molecule has 0 saturated heterocycles. The van der Waals surface area contributed by atoms with Crippen molar-refractivity contribution in [2.45, 2.75) is 19.8 Å². The number of carboxylic acids is 1. The topological polar surface area (TPSA) is 79.3 Å². The number of halogens is 1. The summed E-state index contributed by atoms with van der Waals surface area (Å²) in [5.41, 5.74) is -0.307. The molecule has 0 radical (unpaired) electrons. The molecule has 90 valence electrons. The summed E-state index contributed by atoms with van der Waals surface area (Å²) in [5, 5.41) is 11.5. The van der Waals surface area contributed by atoms with E-state index in [1.165, 1.54) is 0 Å². The van der Waals surface area contributed by atoms with E-state index in [9.17, 15) is 9.59 Å². The van der Waals surface area contributed by atoms with E-state index in [1.54, 1.807) is 12.3 Å². The number of rotatable bonds is 3. The molecule has 0 aliphatic heterocycles. The minimum atomic E-state index is -1.23. The van der Waals surface area contributed by atoms with Crippen LogP contribution in [-0.2, 0) is 9.59 Å². The van der Waals surface area contributed by atoms with E-state index in [1.807, 2.05) is 6.92 Å². The molecule has 17 heavy (non-hydrogen) atoms. The normalized spacial score (nSPS) is 16.4. The number of aliphatic carboxylic acids is 1. The van der Waals surface area contributed by atoms with Crippen LogP contribution in [0.2, 0.25) is 0 Å². The molecule has 1 aliphatic carbocycles. The van der Waals surface area contributed by atoms with Gasteiger partial charge in [-0.2, -0.15) is 0 Å². The lowest BCUT2D eigenvalue weighted by Gasteiger charge is -2.10. The van der Waals surface area contributed by atoms with Gasteiger partial charge in [-0.15, -0.1) is 0 Å². The minimum absolute atomic E-state index is 0.378. The lowest BCUT2D eigenvalue weighted by Crippen LogP contribution is -2.31. The monoisotopic (exact) mass is 298 g/mol. The van der Waals surface area contributed by atoms with E-state index in [0.29, 0.717) is 18.7 Å². The summed E-state index contributed by atoms with van der Waals surface area (Å²) >= 11 is 3.30. The summed E-state index contributed by atoms with van der Waals surface area (Å²) in [5.74, 6) is -1.17. The zero-order chi connectivity index (χ0) is 12.6. The fourth-order valence-electron chi connectivity index (χ4n) is 1.51. The number of carboxylic acid groups (broad SMARTS) is 1. The summed E-state index contributed by atoms with van der Waals surface area (Å²) in [6, 6.07) is 1.69. The van der Waals surface area contributed by atoms with Crippen molar-refractivity contribution in [1.82, 2.24) is 4.98 Å². The molecule has 2 rings (SSSR count). The molecule has 0 spiro atoms. The molecule has 0 aromatic carbocycles. The van der Waals surface area contributed by atoms with Crippen LogP contribution in [0, 0.1) is 12.3 Å². The van der Waals surface area contributed by atoms with Crippen LogP contribution in [0.5, 0.6) is 0 Å². The zero-order valence-electron chi connectivity index (χ0n) is 9.16. The highest BCUT2D eigenvalue weighted by molar-refractivity contribution is 9.10. The first-order valence-electron chi connectivity index (χ1n) is 5.13. The van der Waals surface area contributed by atoms with Crippen LogP contribution in [0.15, 0.2) is 16.7 Å². The Morgan fingerprint density at radius 2 is 2.18 bits per heavy atom. The molecule has 2 N–H and O–H groups in total. The van der Waals surface area contributed by atoms with Crippen molar-refractivity contribution in [1.29, 1.82) is 0 Å². The summed E-state index contributed by atoms with van der Waals surface area (Å²) in [7, 11) is 0. The van der Waals surface area contributed by atoms with Crippen LogP contribution in [0.1, 0.15) is 18.4 Å². The number of hydrogen-bond donors (Lipinski definition) is 2. The van der Waals surface area contributed by atoms with Crippen LogP contribution in [0.3, 0.4) is 0 Å².